The third-order valence-corrected chi connectivity index (χ3v) is 5.59. The van der Waals surface area contributed by atoms with Crippen LogP contribution in [0.1, 0.15) is 33.6 Å². The first-order valence-electron chi connectivity index (χ1n) is 7.51. The highest BCUT2D eigenvalue weighted by molar-refractivity contribution is 9.10. The molecule has 2 bridgehead atoms. The fourth-order valence-electron chi connectivity index (χ4n) is 4.14. The molecule has 116 valence electrons. The lowest BCUT2D eigenvalue weighted by molar-refractivity contribution is 0.0594. The molecule has 4 atom stereocenters. The van der Waals surface area contributed by atoms with Crippen molar-refractivity contribution in [2.45, 2.75) is 25.0 Å². The van der Waals surface area contributed by atoms with Gasteiger partial charge >= 0.3 is 5.97 Å². The minimum atomic E-state index is -1.03. The Kier molecular flexibility index (Phi) is 3.27. The SMILES string of the molecule is O=C(O)c1cc(Br)cc(C(=O)N2CC3C4CCC(O4)C3C2)c1. The maximum Gasteiger partial charge on any atom is 0.335 e. The molecule has 3 aliphatic rings. The van der Waals surface area contributed by atoms with E-state index >= 15 is 0 Å². The standard InChI is InChI=1S/C16H16BrNO4/c17-10-4-8(3-9(5-10)16(20)21)15(19)18-6-11-12(7-18)14-2-1-13(11)22-14/h3-5,11-14H,1-2,6-7H2,(H,20,21). The Morgan fingerprint density at radius 1 is 1.09 bits per heavy atom. The summed E-state index contributed by atoms with van der Waals surface area (Å²) in [5.41, 5.74) is 0.556. The van der Waals surface area contributed by atoms with Crippen molar-refractivity contribution in [2.75, 3.05) is 13.1 Å². The van der Waals surface area contributed by atoms with Crippen LogP contribution in [0.4, 0.5) is 0 Å². The van der Waals surface area contributed by atoms with E-state index in [0.717, 1.165) is 25.9 Å². The quantitative estimate of drug-likeness (QED) is 0.873. The van der Waals surface area contributed by atoms with Crippen LogP contribution in [0.5, 0.6) is 0 Å². The van der Waals surface area contributed by atoms with Gasteiger partial charge in [-0.2, -0.15) is 0 Å². The number of ether oxygens (including phenoxy) is 1. The van der Waals surface area contributed by atoms with Crippen molar-refractivity contribution in [3.63, 3.8) is 0 Å². The van der Waals surface area contributed by atoms with E-state index in [2.05, 4.69) is 15.9 Å². The molecule has 1 aromatic rings. The Morgan fingerprint density at radius 2 is 1.68 bits per heavy atom. The predicted octanol–water partition coefficient (Wildman–Crippen LogP) is 2.40. The van der Waals surface area contributed by atoms with Crippen LogP contribution in [0.15, 0.2) is 22.7 Å². The summed E-state index contributed by atoms with van der Waals surface area (Å²) in [6.07, 6.45) is 2.83. The summed E-state index contributed by atoms with van der Waals surface area (Å²) in [7, 11) is 0. The number of halogens is 1. The van der Waals surface area contributed by atoms with Crippen molar-refractivity contribution in [1.29, 1.82) is 0 Å². The molecule has 5 nitrogen and oxygen atoms in total. The van der Waals surface area contributed by atoms with Gasteiger partial charge in [0, 0.05) is 35.0 Å². The van der Waals surface area contributed by atoms with Crippen molar-refractivity contribution >= 4 is 27.8 Å². The number of likely N-dealkylation sites (tertiary alicyclic amines) is 1. The molecule has 3 fully saturated rings. The topological polar surface area (TPSA) is 66.8 Å². The van der Waals surface area contributed by atoms with Gasteiger partial charge in [-0.1, -0.05) is 15.9 Å². The highest BCUT2D eigenvalue weighted by atomic mass is 79.9. The lowest BCUT2D eigenvalue weighted by Crippen LogP contribution is -2.31. The van der Waals surface area contributed by atoms with E-state index < -0.39 is 5.97 Å². The molecular weight excluding hydrogens is 350 g/mol. The summed E-state index contributed by atoms with van der Waals surface area (Å²) < 4.78 is 6.53. The second kappa shape index (κ2) is 5.06. The molecule has 0 spiro atoms. The van der Waals surface area contributed by atoms with Gasteiger partial charge in [0.1, 0.15) is 0 Å². The predicted molar refractivity (Wildman–Crippen MR) is 81.9 cm³/mol. The monoisotopic (exact) mass is 365 g/mol. The van der Waals surface area contributed by atoms with E-state index in [1.54, 1.807) is 6.07 Å². The zero-order valence-electron chi connectivity index (χ0n) is 11.9. The van der Waals surface area contributed by atoms with Gasteiger partial charge in [0.2, 0.25) is 0 Å². The Balaban J connectivity index is 1.57. The number of carboxylic acid groups (broad SMARTS) is 1. The first-order chi connectivity index (χ1) is 10.5. The summed E-state index contributed by atoms with van der Waals surface area (Å²) in [6.45, 7) is 1.44. The average molecular weight is 366 g/mol. The second-order valence-electron chi connectivity index (χ2n) is 6.36. The molecule has 4 unspecified atom stereocenters. The van der Waals surface area contributed by atoms with Gasteiger partial charge in [-0.15, -0.1) is 0 Å². The molecule has 3 saturated heterocycles. The zero-order chi connectivity index (χ0) is 15.4. The molecule has 0 aromatic heterocycles. The second-order valence-corrected chi connectivity index (χ2v) is 7.28. The molecule has 1 amide bonds. The van der Waals surface area contributed by atoms with Gasteiger partial charge in [-0.3, -0.25) is 4.79 Å². The molecule has 3 heterocycles. The van der Waals surface area contributed by atoms with Crippen molar-refractivity contribution < 1.29 is 19.4 Å². The van der Waals surface area contributed by atoms with E-state index in [-0.39, 0.29) is 11.5 Å². The highest BCUT2D eigenvalue weighted by Crippen LogP contribution is 2.47. The van der Waals surface area contributed by atoms with Crippen molar-refractivity contribution in [3.05, 3.63) is 33.8 Å². The van der Waals surface area contributed by atoms with E-state index in [1.807, 2.05) is 4.90 Å². The van der Waals surface area contributed by atoms with Crippen LogP contribution in [0.2, 0.25) is 0 Å². The fraction of sp³-hybridized carbons (Fsp3) is 0.500. The first-order valence-corrected chi connectivity index (χ1v) is 8.31. The van der Waals surface area contributed by atoms with Gasteiger partial charge in [0.05, 0.1) is 17.8 Å². The number of hydrogen-bond donors (Lipinski definition) is 1. The lowest BCUT2D eigenvalue weighted by atomic mass is 9.82. The number of fused-ring (bicyclic) bond motifs is 5. The number of nitrogens with zero attached hydrogens (tertiary/aromatic N) is 1. The van der Waals surface area contributed by atoms with Crippen LogP contribution in [0, 0.1) is 11.8 Å². The third-order valence-electron chi connectivity index (χ3n) is 5.13. The molecule has 4 rings (SSSR count). The number of carbonyl (C=O) groups is 2. The Bertz CT molecular complexity index is 644. The van der Waals surface area contributed by atoms with Crippen LogP contribution in [-0.4, -0.2) is 47.2 Å². The van der Waals surface area contributed by atoms with Gasteiger partial charge in [-0.05, 0) is 31.0 Å². The summed E-state index contributed by atoms with van der Waals surface area (Å²) >= 11 is 3.28. The number of aromatic carboxylic acids is 1. The van der Waals surface area contributed by atoms with Crippen LogP contribution >= 0.6 is 15.9 Å². The molecule has 22 heavy (non-hydrogen) atoms. The Morgan fingerprint density at radius 3 is 2.27 bits per heavy atom. The zero-order valence-corrected chi connectivity index (χ0v) is 13.5. The van der Waals surface area contributed by atoms with Gasteiger partial charge in [0.25, 0.3) is 5.91 Å². The van der Waals surface area contributed by atoms with Crippen molar-refractivity contribution in [2.24, 2.45) is 11.8 Å². The summed E-state index contributed by atoms with van der Waals surface area (Å²) in [5.74, 6) is -0.208. The number of rotatable bonds is 2. The lowest BCUT2D eigenvalue weighted by Gasteiger charge is -2.19. The van der Waals surface area contributed by atoms with Crippen LogP contribution < -0.4 is 0 Å². The molecule has 3 aliphatic heterocycles. The first kappa shape index (κ1) is 14.2. The third kappa shape index (κ3) is 2.16. The largest absolute Gasteiger partial charge is 0.478 e. The molecule has 0 radical (unpaired) electrons. The van der Waals surface area contributed by atoms with Gasteiger partial charge in [-0.25, -0.2) is 4.79 Å². The number of hydrogen-bond acceptors (Lipinski definition) is 3. The van der Waals surface area contributed by atoms with E-state index in [4.69, 9.17) is 9.84 Å². The van der Waals surface area contributed by atoms with E-state index in [1.165, 1.54) is 12.1 Å². The van der Waals surface area contributed by atoms with Crippen LogP contribution in [0.3, 0.4) is 0 Å². The van der Waals surface area contributed by atoms with Crippen molar-refractivity contribution in [3.8, 4) is 0 Å². The average Bonchev–Trinajstić information content (AvgIpc) is 3.18. The fourth-order valence-corrected chi connectivity index (χ4v) is 4.64. The number of benzene rings is 1. The maximum absolute atomic E-state index is 12.7. The summed E-state index contributed by atoms with van der Waals surface area (Å²) in [4.78, 5) is 25.7. The van der Waals surface area contributed by atoms with Crippen LogP contribution in [-0.2, 0) is 4.74 Å². The summed E-state index contributed by atoms with van der Waals surface area (Å²) in [5, 5.41) is 9.13. The normalized spacial score (nSPS) is 32.3. The van der Waals surface area contributed by atoms with E-state index in [0.29, 0.717) is 34.1 Å². The molecule has 0 aliphatic carbocycles. The van der Waals surface area contributed by atoms with E-state index in [9.17, 15) is 9.59 Å². The molecule has 6 heteroatoms. The minimum absolute atomic E-state index is 0.0856. The smallest absolute Gasteiger partial charge is 0.335 e. The van der Waals surface area contributed by atoms with Gasteiger partial charge < -0.3 is 14.7 Å². The molecule has 1 N–H and O–H groups in total. The Hall–Kier alpha value is -1.40. The van der Waals surface area contributed by atoms with Crippen molar-refractivity contribution in [1.82, 2.24) is 4.90 Å². The highest BCUT2D eigenvalue weighted by Gasteiger charge is 2.53. The Labute approximate surface area is 136 Å². The molecule has 0 saturated carbocycles. The minimum Gasteiger partial charge on any atom is -0.478 e. The molecule has 1 aromatic carbocycles. The van der Waals surface area contributed by atoms with Crippen LogP contribution in [0.25, 0.3) is 0 Å². The summed E-state index contributed by atoms with van der Waals surface area (Å²) in [6, 6.07) is 4.65. The molecular formula is C16H16BrNO4. The number of carbonyl (C=O) groups excluding carboxylic acids is 1. The number of carboxylic acids is 1. The maximum atomic E-state index is 12.7. The number of amides is 1. The van der Waals surface area contributed by atoms with Gasteiger partial charge in [0.15, 0.2) is 0 Å².